The highest BCUT2D eigenvalue weighted by Crippen LogP contribution is 2.15. The molecule has 106 valence electrons. The van der Waals surface area contributed by atoms with Gasteiger partial charge in [0.05, 0.1) is 0 Å². The van der Waals surface area contributed by atoms with E-state index in [1.807, 2.05) is 18.2 Å². The summed E-state index contributed by atoms with van der Waals surface area (Å²) in [7, 11) is 0. The summed E-state index contributed by atoms with van der Waals surface area (Å²) in [6.45, 7) is 4.93. The van der Waals surface area contributed by atoms with E-state index in [4.69, 9.17) is 10.9 Å². The van der Waals surface area contributed by atoms with Crippen molar-refractivity contribution in [1.29, 1.82) is 0 Å². The van der Waals surface area contributed by atoms with E-state index in [0.717, 1.165) is 30.8 Å². The first kappa shape index (κ1) is 14.6. The van der Waals surface area contributed by atoms with Crippen molar-refractivity contribution in [2.24, 2.45) is 10.9 Å². The van der Waals surface area contributed by atoms with Crippen molar-refractivity contribution in [3.05, 3.63) is 57.8 Å². The van der Waals surface area contributed by atoms with E-state index >= 15 is 0 Å². The molecule has 2 aromatic rings. The molecule has 20 heavy (non-hydrogen) atoms. The van der Waals surface area contributed by atoms with Crippen LogP contribution < -0.4 is 5.73 Å². The van der Waals surface area contributed by atoms with E-state index in [-0.39, 0.29) is 5.84 Å². The maximum atomic E-state index is 8.73. The van der Waals surface area contributed by atoms with Gasteiger partial charge in [0.25, 0.3) is 0 Å². The standard InChI is InChI=1S/C15H19N3OS/c1-2-18(11-14-7-4-8-20-14)10-12-5-3-6-13(9-12)15(16)17-19/h3-9,19H,2,10-11H2,1H3,(H2,16,17). The van der Waals surface area contributed by atoms with Gasteiger partial charge in [0, 0.05) is 23.5 Å². The Kier molecular flexibility index (Phi) is 5.15. The molecule has 0 aliphatic heterocycles. The number of hydrogen-bond acceptors (Lipinski definition) is 4. The Morgan fingerprint density at radius 1 is 1.30 bits per heavy atom. The van der Waals surface area contributed by atoms with Crippen LogP contribution in [0.4, 0.5) is 0 Å². The Balaban J connectivity index is 2.07. The second-order valence-corrected chi connectivity index (χ2v) is 5.60. The topological polar surface area (TPSA) is 61.8 Å². The van der Waals surface area contributed by atoms with Crippen molar-refractivity contribution >= 4 is 17.2 Å². The Bertz CT molecular complexity index is 566. The lowest BCUT2D eigenvalue weighted by atomic mass is 10.1. The zero-order chi connectivity index (χ0) is 14.4. The van der Waals surface area contributed by atoms with Gasteiger partial charge in [-0.2, -0.15) is 0 Å². The highest BCUT2D eigenvalue weighted by Gasteiger charge is 2.07. The van der Waals surface area contributed by atoms with E-state index in [1.54, 1.807) is 11.3 Å². The molecule has 0 atom stereocenters. The Morgan fingerprint density at radius 3 is 2.80 bits per heavy atom. The second-order valence-electron chi connectivity index (χ2n) is 4.57. The molecule has 1 aromatic heterocycles. The van der Waals surface area contributed by atoms with Crippen molar-refractivity contribution in [3.63, 3.8) is 0 Å². The van der Waals surface area contributed by atoms with Crippen LogP contribution in [0, 0.1) is 0 Å². The first-order chi connectivity index (χ1) is 9.72. The van der Waals surface area contributed by atoms with Crippen LogP contribution in [0.2, 0.25) is 0 Å². The number of rotatable bonds is 6. The van der Waals surface area contributed by atoms with E-state index in [0.29, 0.717) is 0 Å². The smallest absolute Gasteiger partial charge is 0.170 e. The first-order valence-corrected chi connectivity index (χ1v) is 7.42. The van der Waals surface area contributed by atoms with Crippen LogP contribution >= 0.6 is 11.3 Å². The number of nitrogens with two attached hydrogens (primary N) is 1. The van der Waals surface area contributed by atoms with E-state index < -0.39 is 0 Å². The zero-order valence-electron chi connectivity index (χ0n) is 11.5. The van der Waals surface area contributed by atoms with Crippen LogP contribution in [0.15, 0.2) is 46.9 Å². The fourth-order valence-electron chi connectivity index (χ4n) is 2.05. The minimum absolute atomic E-state index is 0.146. The summed E-state index contributed by atoms with van der Waals surface area (Å²) in [5, 5.41) is 13.9. The number of thiophene rings is 1. The van der Waals surface area contributed by atoms with Crippen LogP contribution in [-0.2, 0) is 13.1 Å². The third kappa shape index (κ3) is 3.82. The van der Waals surface area contributed by atoms with Gasteiger partial charge < -0.3 is 10.9 Å². The Morgan fingerprint density at radius 2 is 2.15 bits per heavy atom. The van der Waals surface area contributed by atoms with Gasteiger partial charge >= 0.3 is 0 Å². The minimum atomic E-state index is 0.146. The van der Waals surface area contributed by atoms with Gasteiger partial charge in [-0.05, 0) is 29.6 Å². The summed E-state index contributed by atoms with van der Waals surface area (Å²) in [5.74, 6) is 0.146. The molecule has 1 heterocycles. The number of hydrogen-bond donors (Lipinski definition) is 2. The normalized spacial score (nSPS) is 12.0. The third-order valence-corrected chi connectivity index (χ3v) is 4.00. The van der Waals surface area contributed by atoms with Gasteiger partial charge in [-0.15, -0.1) is 11.3 Å². The molecule has 0 unspecified atom stereocenters. The quantitative estimate of drug-likeness (QED) is 0.372. The van der Waals surface area contributed by atoms with Crippen LogP contribution in [0.3, 0.4) is 0 Å². The minimum Gasteiger partial charge on any atom is -0.409 e. The molecule has 0 saturated carbocycles. The van der Waals surface area contributed by atoms with E-state index in [2.05, 4.69) is 40.6 Å². The predicted octanol–water partition coefficient (Wildman–Crippen LogP) is 2.86. The van der Waals surface area contributed by atoms with Gasteiger partial charge in [0.1, 0.15) is 0 Å². The Labute approximate surface area is 123 Å². The molecule has 0 spiro atoms. The highest BCUT2D eigenvalue weighted by atomic mass is 32.1. The van der Waals surface area contributed by atoms with Gasteiger partial charge in [-0.1, -0.05) is 36.3 Å². The molecule has 0 bridgehead atoms. The summed E-state index contributed by atoms with van der Waals surface area (Å²) < 4.78 is 0. The fourth-order valence-corrected chi connectivity index (χ4v) is 2.79. The zero-order valence-corrected chi connectivity index (χ0v) is 12.3. The van der Waals surface area contributed by atoms with Crippen LogP contribution in [0.5, 0.6) is 0 Å². The van der Waals surface area contributed by atoms with Crippen molar-refractivity contribution in [2.45, 2.75) is 20.0 Å². The molecule has 3 N–H and O–H groups in total. The van der Waals surface area contributed by atoms with Gasteiger partial charge in [-0.25, -0.2) is 0 Å². The summed E-state index contributed by atoms with van der Waals surface area (Å²) in [5.41, 5.74) is 7.53. The van der Waals surface area contributed by atoms with Crippen molar-refractivity contribution in [2.75, 3.05) is 6.54 Å². The lowest BCUT2D eigenvalue weighted by molar-refractivity contribution is 0.274. The predicted molar refractivity (Wildman–Crippen MR) is 83.1 cm³/mol. The highest BCUT2D eigenvalue weighted by molar-refractivity contribution is 7.09. The molecule has 0 amide bonds. The number of nitrogens with zero attached hydrogens (tertiary/aromatic N) is 2. The molecule has 0 aliphatic carbocycles. The third-order valence-electron chi connectivity index (χ3n) is 3.14. The van der Waals surface area contributed by atoms with Crippen LogP contribution in [0.25, 0.3) is 0 Å². The number of oxime groups is 1. The van der Waals surface area contributed by atoms with Crippen molar-refractivity contribution in [3.8, 4) is 0 Å². The first-order valence-electron chi connectivity index (χ1n) is 6.54. The summed E-state index contributed by atoms with van der Waals surface area (Å²) >= 11 is 1.78. The largest absolute Gasteiger partial charge is 0.409 e. The molecule has 0 aliphatic rings. The van der Waals surface area contributed by atoms with Crippen LogP contribution in [-0.4, -0.2) is 22.5 Å². The second kappa shape index (κ2) is 7.07. The summed E-state index contributed by atoms with van der Waals surface area (Å²) in [6.07, 6.45) is 0. The van der Waals surface area contributed by atoms with Gasteiger partial charge in [0.15, 0.2) is 5.84 Å². The van der Waals surface area contributed by atoms with E-state index in [9.17, 15) is 0 Å². The molecule has 0 radical (unpaired) electrons. The number of amidine groups is 1. The lowest BCUT2D eigenvalue weighted by Gasteiger charge is -2.20. The molecule has 0 fully saturated rings. The molecule has 4 nitrogen and oxygen atoms in total. The van der Waals surface area contributed by atoms with E-state index in [1.165, 1.54) is 4.88 Å². The SMILES string of the molecule is CCN(Cc1cccc(C(N)=NO)c1)Cc1cccs1. The maximum absolute atomic E-state index is 8.73. The van der Waals surface area contributed by atoms with Crippen molar-refractivity contribution in [1.82, 2.24) is 4.90 Å². The lowest BCUT2D eigenvalue weighted by Crippen LogP contribution is -2.22. The average molecular weight is 289 g/mol. The molecule has 0 saturated heterocycles. The summed E-state index contributed by atoms with van der Waals surface area (Å²) in [4.78, 5) is 3.72. The number of benzene rings is 1. The maximum Gasteiger partial charge on any atom is 0.170 e. The van der Waals surface area contributed by atoms with Gasteiger partial charge in [0.2, 0.25) is 0 Å². The van der Waals surface area contributed by atoms with Crippen LogP contribution in [0.1, 0.15) is 22.9 Å². The van der Waals surface area contributed by atoms with Crippen molar-refractivity contribution < 1.29 is 5.21 Å². The summed E-state index contributed by atoms with van der Waals surface area (Å²) in [6, 6.07) is 12.0. The molecular weight excluding hydrogens is 270 g/mol. The molecule has 2 rings (SSSR count). The molecule has 1 aromatic carbocycles. The molecule has 5 heteroatoms. The Hall–Kier alpha value is -1.85. The van der Waals surface area contributed by atoms with Gasteiger partial charge in [-0.3, -0.25) is 4.90 Å². The average Bonchev–Trinajstić information content (AvgIpc) is 2.99. The fraction of sp³-hybridized carbons (Fsp3) is 0.267. The molecular formula is C15H19N3OS. The monoisotopic (exact) mass is 289 g/mol.